The van der Waals surface area contributed by atoms with Gasteiger partial charge in [0, 0.05) is 12.8 Å². The first-order valence-electron chi connectivity index (χ1n) is 9.90. The van der Waals surface area contributed by atoms with Crippen LogP contribution in [0.2, 0.25) is 0 Å². The van der Waals surface area contributed by atoms with E-state index in [1.807, 2.05) is 52.0 Å². The monoisotopic (exact) mass is 404 g/mol. The summed E-state index contributed by atoms with van der Waals surface area (Å²) in [4.78, 5) is 11.8. The largest absolute Gasteiger partial charge is 0.508 e. The molecule has 158 valence electrons. The lowest BCUT2D eigenvalue weighted by atomic mass is 9.93. The molecule has 2 rings (SSSR count). The summed E-state index contributed by atoms with van der Waals surface area (Å²) in [6.07, 6.45) is 0.0677. The number of phenols is 1. The average molecular weight is 404 g/mol. The first-order valence-corrected chi connectivity index (χ1v) is 9.90. The Labute approximate surface area is 171 Å². The van der Waals surface area contributed by atoms with E-state index in [0.29, 0.717) is 11.5 Å². The number of aromatic hydroxyl groups is 1. The Balaban J connectivity index is 2.08. The quantitative estimate of drug-likeness (QED) is 0.549. The molecule has 0 aromatic heterocycles. The molecule has 2 aromatic rings. The number of alkyl halides is 2. The molecular formula is C24H30F2O3. The molecule has 0 heterocycles. The van der Waals surface area contributed by atoms with Gasteiger partial charge >= 0.3 is 0 Å². The molecule has 0 aliphatic rings. The van der Waals surface area contributed by atoms with Gasteiger partial charge in [0.2, 0.25) is 5.92 Å². The molecular weight excluding hydrogens is 374 g/mol. The van der Waals surface area contributed by atoms with E-state index < -0.39 is 12.3 Å². The average Bonchev–Trinajstić information content (AvgIpc) is 2.61. The SMILES string of the molecule is Cc1cc(OCC(=O)CCC(C)(F)F)cc(C)c1Cc1ccc(O)c(C(C)C)c1. The number of ether oxygens (including phenoxy) is 1. The van der Waals surface area contributed by atoms with Crippen LogP contribution >= 0.6 is 0 Å². The standard InChI is InChI=1S/C24H30F2O3/c1-15(2)21-12-18(6-7-23(21)28)13-22-16(3)10-20(11-17(22)4)29-14-19(27)8-9-24(5,25)26/h6-7,10-12,15,28H,8-9,13-14H2,1-5H3. The first-order chi connectivity index (χ1) is 13.5. The summed E-state index contributed by atoms with van der Waals surface area (Å²) in [5.74, 6) is -2.07. The number of hydrogen-bond donors (Lipinski definition) is 1. The Bertz CT molecular complexity index is 844. The fraction of sp³-hybridized carbons (Fsp3) is 0.458. The summed E-state index contributed by atoms with van der Waals surface area (Å²) in [7, 11) is 0. The van der Waals surface area contributed by atoms with Crippen LogP contribution in [0.25, 0.3) is 0 Å². The van der Waals surface area contributed by atoms with E-state index in [1.54, 1.807) is 6.07 Å². The van der Waals surface area contributed by atoms with Gasteiger partial charge in [-0.05, 0) is 79.1 Å². The summed E-state index contributed by atoms with van der Waals surface area (Å²) in [6, 6.07) is 9.43. The summed E-state index contributed by atoms with van der Waals surface area (Å²) >= 11 is 0. The van der Waals surface area contributed by atoms with Crippen molar-refractivity contribution in [2.45, 2.75) is 65.7 Å². The van der Waals surface area contributed by atoms with Gasteiger partial charge in [-0.15, -0.1) is 0 Å². The zero-order chi connectivity index (χ0) is 21.8. The van der Waals surface area contributed by atoms with Crippen molar-refractivity contribution < 1.29 is 23.4 Å². The second kappa shape index (κ2) is 9.38. The van der Waals surface area contributed by atoms with E-state index in [0.717, 1.165) is 41.2 Å². The van der Waals surface area contributed by atoms with E-state index in [1.165, 1.54) is 0 Å². The summed E-state index contributed by atoms with van der Waals surface area (Å²) in [6.45, 7) is 8.67. The summed E-state index contributed by atoms with van der Waals surface area (Å²) in [5, 5.41) is 10.0. The maximum Gasteiger partial charge on any atom is 0.245 e. The number of rotatable bonds is 9. The van der Waals surface area contributed by atoms with Crippen molar-refractivity contribution in [3.05, 3.63) is 58.1 Å². The molecule has 2 aromatic carbocycles. The zero-order valence-corrected chi connectivity index (χ0v) is 17.8. The number of halogens is 2. The number of phenolic OH excluding ortho intramolecular Hbond substituents is 1. The van der Waals surface area contributed by atoms with Gasteiger partial charge in [-0.2, -0.15) is 0 Å². The minimum absolute atomic E-state index is 0.196. The van der Waals surface area contributed by atoms with Crippen LogP contribution in [0, 0.1) is 13.8 Å². The number of aryl methyl sites for hydroxylation is 2. The van der Waals surface area contributed by atoms with Gasteiger partial charge in [0.05, 0.1) is 0 Å². The van der Waals surface area contributed by atoms with E-state index in [9.17, 15) is 18.7 Å². The fourth-order valence-corrected chi connectivity index (χ4v) is 3.29. The number of hydrogen-bond acceptors (Lipinski definition) is 3. The Morgan fingerprint density at radius 1 is 1.14 bits per heavy atom. The van der Waals surface area contributed by atoms with Gasteiger partial charge in [-0.25, -0.2) is 8.78 Å². The van der Waals surface area contributed by atoms with E-state index in [-0.39, 0.29) is 24.7 Å². The van der Waals surface area contributed by atoms with Crippen LogP contribution in [0.4, 0.5) is 8.78 Å². The maximum atomic E-state index is 12.9. The Morgan fingerprint density at radius 2 is 1.76 bits per heavy atom. The van der Waals surface area contributed by atoms with Gasteiger partial charge in [0.25, 0.3) is 0 Å². The second-order valence-electron chi connectivity index (χ2n) is 8.16. The predicted molar refractivity (Wildman–Crippen MR) is 111 cm³/mol. The van der Waals surface area contributed by atoms with Crippen LogP contribution in [0.5, 0.6) is 11.5 Å². The normalized spacial score (nSPS) is 11.7. The molecule has 5 heteroatoms. The third-order valence-electron chi connectivity index (χ3n) is 5.01. The number of carbonyl (C=O) groups is 1. The lowest BCUT2D eigenvalue weighted by Crippen LogP contribution is -2.17. The third kappa shape index (κ3) is 6.84. The van der Waals surface area contributed by atoms with Crippen molar-refractivity contribution in [2.75, 3.05) is 6.61 Å². The highest BCUT2D eigenvalue weighted by atomic mass is 19.3. The molecule has 0 saturated heterocycles. The van der Waals surface area contributed by atoms with Crippen LogP contribution < -0.4 is 4.74 Å². The molecule has 0 spiro atoms. The molecule has 29 heavy (non-hydrogen) atoms. The van der Waals surface area contributed by atoms with Crippen LogP contribution in [0.15, 0.2) is 30.3 Å². The van der Waals surface area contributed by atoms with Crippen molar-refractivity contribution in [2.24, 2.45) is 0 Å². The molecule has 0 aliphatic carbocycles. The van der Waals surface area contributed by atoms with E-state index >= 15 is 0 Å². The predicted octanol–water partition coefficient (Wildman–Crippen LogP) is 6.11. The van der Waals surface area contributed by atoms with E-state index in [2.05, 4.69) is 0 Å². The highest BCUT2D eigenvalue weighted by Crippen LogP contribution is 2.29. The van der Waals surface area contributed by atoms with Gasteiger partial charge in [-0.3, -0.25) is 4.79 Å². The van der Waals surface area contributed by atoms with Crippen molar-refractivity contribution in [3.63, 3.8) is 0 Å². The van der Waals surface area contributed by atoms with Crippen molar-refractivity contribution >= 4 is 5.78 Å². The minimum Gasteiger partial charge on any atom is -0.508 e. The molecule has 0 unspecified atom stereocenters. The Hall–Kier alpha value is -2.43. The molecule has 0 radical (unpaired) electrons. The number of ketones is 1. The molecule has 0 aliphatic heterocycles. The third-order valence-corrected chi connectivity index (χ3v) is 5.01. The first kappa shape index (κ1) is 22.9. The van der Waals surface area contributed by atoms with Crippen LogP contribution in [-0.4, -0.2) is 23.4 Å². The molecule has 1 N–H and O–H groups in total. The van der Waals surface area contributed by atoms with Crippen LogP contribution in [-0.2, 0) is 11.2 Å². The minimum atomic E-state index is -2.84. The van der Waals surface area contributed by atoms with Gasteiger partial charge < -0.3 is 9.84 Å². The van der Waals surface area contributed by atoms with Crippen LogP contribution in [0.1, 0.15) is 67.3 Å². The number of Topliss-reactive ketones (excluding diaryl/α,β-unsaturated/α-hetero) is 1. The summed E-state index contributed by atoms with van der Waals surface area (Å²) in [5.41, 5.74) is 5.27. The zero-order valence-electron chi connectivity index (χ0n) is 17.8. The fourth-order valence-electron chi connectivity index (χ4n) is 3.29. The second-order valence-corrected chi connectivity index (χ2v) is 8.16. The Kier molecular flexibility index (Phi) is 7.39. The van der Waals surface area contributed by atoms with Gasteiger partial charge in [0.15, 0.2) is 5.78 Å². The summed E-state index contributed by atoms with van der Waals surface area (Å²) < 4.78 is 31.3. The molecule has 0 saturated carbocycles. The lowest BCUT2D eigenvalue weighted by molar-refractivity contribution is -0.122. The van der Waals surface area contributed by atoms with Gasteiger partial charge in [0.1, 0.15) is 18.1 Å². The lowest BCUT2D eigenvalue weighted by Gasteiger charge is -2.15. The smallest absolute Gasteiger partial charge is 0.245 e. The molecule has 0 atom stereocenters. The van der Waals surface area contributed by atoms with Crippen molar-refractivity contribution in [3.8, 4) is 11.5 Å². The topological polar surface area (TPSA) is 46.5 Å². The van der Waals surface area contributed by atoms with E-state index in [4.69, 9.17) is 4.74 Å². The van der Waals surface area contributed by atoms with Gasteiger partial charge in [-0.1, -0.05) is 26.0 Å². The molecule has 0 bridgehead atoms. The molecule has 0 amide bonds. The Morgan fingerprint density at radius 3 is 2.31 bits per heavy atom. The molecule has 3 nitrogen and oxygen atoms in total. The van der Waals surface area contributed by atoms with Crippen molar-refractivity contribution in [1.82, 2.24) is 0 Å². The highest BCUT2D eigenvalue weighted by Gasteiger charge is 2.22. The van der Waals surface area contributed by atoms with Crippen molar-refractivity contribution in [1.29, 1.82) is 0 Å². The highest BCUT2D eigenvalue weighted by molar-refractivity contribution is 5.80. The molecule has 0 fully saturated rings. The van der Waals surface area contributed by atoms with Crippen LogP contribution in [0.3, 0.4) is 0 Å². The number of benzene rings is 2. The maximum absolute atomic E-state index is 12.9. The number of carbonyl (C=O) groups excluding carboxylic acids is 1.